The number of rotatable bonds is 2. The number of phenols is 1. The van der Waals surface area contributed by atoms with Crippen LogP contribution in [0.2, 0.25) is 0 Å². The summed E-state index contributed by atoms with van der Waals surface area (Å²) in [5, 5.41) is 9.11. The summed E-state index contributed by atoms with van der Waals surface area (Å²) in [5.74, 6) is -0.315. The van der Waals surface area contributed by atoms with Crippen LogP contribution in [0, 0.1) is 0 Å². The van der Waals surface area contributed by atoms with Crippen molar-refractivity contribution >= 4 is 19.9 Å². The van der Waals surface area contributed by atoms with E-state index < -0.39 is 19.9 Å². The van der Waals surface area contributed by atoms with Crippen LogP contribution in [0.15, 0.2) is 29.2 Å². The van der Waals surface area contributed by atoms with Gasteiger partial charge in [-0.15, -0.1) is 0 Å². The monoisotopic (exact) mass is 291 g/mol. The Kier molecular flexibility index (Phi) is 3.35. The Morgan fingerprint density at radius 1 is 1.06 bits per heavy atom. The van der Waals surface area contributed by atoms with Gasteiger partial charge in [-0.3, -0.25) is 0 Å². The van der Waals surface area contributed by atoms with Crippen molar-refractivity contribution in [3.63, 3.8) is 0 Å². The molecule has 1 aromatic rings. The molecule has 100 valence electrons. The molecule has 1 aromatic carbocycles. The van der Waals surface area contributed by atoms with Crippen LogP contribution in [-0.2, 0) is 19.9 Å². The number of nitrogens with zero attached hydrogens (tertiary/aromatic N) is 1. The van der Waals surface area contributed by atoms with E-state index in [-0.39, 0.29) is 35.2 Å². The number of benzene rings is 1. The zero-order valence-corrected chi connectivity index (χ0v) is 11.1. The Balaban J connectivity index is 2.25. The van der Waals surface area contributed by atoms with Gasteiger partial charge in [-0.25, -0.2) is 16.8 Å². The van der Waals surface area contributed by atoms with Crippen LogP contribution in [0.5, 0.6) is 5.75 Å². The van der Waals surface area contributed by atoms with Crippen LogP contribution in [0.3, 0.4) is 0 Å². The van der Waals surface area contributed by atoms with Gasteiger partial charge in [0.15, 0.2) is 9.84 Å². The average molecular weight is 291 g/mol. The SMILES string of the molecule is O=S1(=O)CCN(S(=O)(=O)c2ccc(O)cc2)CC1. The largest absolute Gasteiger partial charge is 0.508 e. The van der Waals surface area contributed by atoms with Crippen LogP contribution in [0.25, 0.3) is 0 Å². The predicted molar refractivity (Wildman–Crippen MR) is 65.5 cm³/mol. The third-order valence-corrected chi connectivity index (χ3v) is 6.30. The smallest absolute Gasteiger partial charge is 0.243 e. The summed E-state index contributed by atoms with van der Waals surface area (Å²) < 4.78 is 48.0. The minimum Gasteiger partial charge on any atom is -0.508 e. The third kappa shape index (κ3) is 2.65. The van der Waals surface area contributed by atoms with E-state index in [1.807, 2.05) is 0 Å². The van der Waals surface area contributed by atoms with Crippen molar-refractivity contribution in [3.8, 4) is 5.75 Å². The first-order valence-electron chi connectivity index (χ1n) is 5.31. The second-order valence-corrected chi connectivity index (χ2v) is 8.29. The molecule has 0 aliphatic carbocycles. The van der Waals surface area contributed by atoms with E-state index in [1.165, 1.54) is 24.3 Å². The molecular weight excluding hydrogens is 278 g/mol. The number of sulfone groups is 1. The number of hydrogen-bond acceptors (Lipinski definition) is 5. The van der Waals surface area contributed by atoms with E-state index in [0.29, 0.717) is 0 Å². The maximum absolute atomic E-state index is 12.2. The van der Waals surface area contributed by atoms with Gasteiger partial charge in [0.25, 0.3) is 0 Å². The standard InChI is InChI=1S/C10H13NO5S2/c12-9-1-3-10(4-2-9)18(15,16)11-5-7-17(13,14)8-6-11/h1-4,12H,5-8H2. The highest BCUT2D eigenvalue weighted by molar-refractivity contribution is 7.92. The number of sulfonamides is 1. The molecule has 1 aliphatic rings. The van der Waals surface area contributed by atoms with Crippen LogP contribution in [-0.4, -0.2) is 50.8 Å². The first-order valence-corrected chi connectivity index (χ1v) is 8.57. The fourth-order valence-corrected chi connectivity index (χ4v) is 4.58. The minimum absolute atomic E-state index is 0.0184. The van der Waals surface area contributed by atoms with Gasteiger partial charge >= 0.3 is 0 Å². The quantitative estimate of drug-likeness (QED) is 0.815. The van der Waals surface area contributed by atoms with Crippen molar-refractivity contribution in [1.82, 2.24) is 4.31 Å². The van der Waals surface area contributed by atoms with Crippen molar-refractivity contribution < 1.29 is 21.9 Å². The molecule has 1 aliphatic heterocycles. The molecule has 0 aromatic heterocycles. The Labute approximate surface area is 106 Å². The second-order valence-electron chi connectivity index (χ2n) is 4.05. The Bertz CT molecular complexity index is 619. The van der Waals surface area contributed by atoms with Crippen molar-refractivity contribution in [2.45, 2.75) is 4.90 Å². The van der Waals surface area contributed by atoms with Gasteiger partial charge in [-0.05, 0) is 24.3 Å². The van der Waals surface area contributed by atoms with Gasteiger partial charge in [0, 0.05) is 13.1 Å². The zero-order chi connectivity index (χ0) is 13.4. The van der Waals surface area contributed by atoms with Gasteiger partial charge in [-0.1, -0.05) is 0 Å². The molecule has 0 unspecified atom stereocenters. The Hall–Kier alpha value is -1.12. The lowest BCUT2D eigenvalue weighted by atomic mass is 10.3. The van der Waals surface area contributed by atoms with Crippen molar-refractivity contribution in [1.29, 1.82) is 0 Å². The number of hydrogen-bond donors (Lipinski definition) is 1. The van der Waals surface area contributed by atoms with Crippen molar-refractivity contribution in [3.05, 3.63) is 24.3 Å². The molecule has 2 rings (SSSR count). The second kappa shape index (κ2) is 4.52. The molecule has 0 amide bonds. The van der Waals surface area contributed by atoms with E-state index in [0.717, 1.165) is 4.31 Å². The van der Waals surface area contributed by atoms with Crippen LogP contribution in [0.1, 0.15) is 0 Å². The molecule has 8 heteroatoms. The fourth-order valence-electron chi connectivity index (χ4n) is 1.70. The van der Waals surface area contributed by atoms with E-state index >= 15 is 0 Å². The summed E-state index contributed by atoms with van der Waals surface area (Å²) in [6.45, 7) is -0.0446. The molecule has 18 heavy (non-hydrogen) atoms. The average Bonchev–Trinajstić information content (AvgIpc) is 2.29. The minimum atomic E-state index is -3.67. The van der Waals surface area contributed by atoms with Gasteiger partial charge in [0.2, 0.25) is 10.0 Å². The lowest BCUT2D eigenvalue weighted by molar-refractivity contribution is 0.430. The summed E-state index contributed by atoms with van der Waals surface area (Å²) >= 11 is 0. The molecule has 1 saturated heterocycles. The lowest BCUT2D eigenvalue weighted by Crippen LogP contribution is -2.43. The number of phenolic OH excluding ortho intramolecular Hbond substituents is 1. The van der Waals surface area contributed by atoms with Gasteiger partial charge in [0.05, 0.1) is 16.4 Å². The van der Waals surface area contributed by atoms with Crippen LogP contribution in [0.4, 0.5) is 0 Å². The highest BCUT2D eigenvalue weighted by atomic mass is 32.2. The van der Waals surface area contributed by atoms with Crippen molar-refractivity contribution in [2.24, 2.45) is 0 Å². The van der Waals surface area contributed by atoms with Crippen molar-refractivity contribution in [2.75, 3.05) is 24.6 Å². The normalized spacial score (nSPS) is 20.7. The van der Waals surface area contributed by atoms with Gasteiger partial charge in [-0.2, -0.15) is 4.31 Å². The topological polar surface area (TPSA) is 91.8 Å². The summed E-state index contributed by atoms with van der Waals surface area (Å²) in [5.41, 5.74) is 0. The molecule has 1 heterocycles. The summed E-state index contributed by atoms with van der Waals surface area (Å²) in [6, 6.07) is 5.17. The summed E-state index contributed by atoms with van der Waals surface area (Å²) in [7, 11) is -6.78. The molecule has 6 nitrogen and oxygen atoms in total. The van der Waals surface area contributed by atoms with Crippen LogP contribution < -0.4 is 0 Å². The van der Waals surface area contributed by atoms with E-state index in [1.54, 1.807) is 0 Å². The highest BCUT2D eigenvalue weighted by Crippen LogP contribution is 2.20. The molecule has 0 bridgehead atoms. The fraction of sp³-hybridized carbons (Fsp3) is 0.400. The first-order chi connectivity index (χ1) is 8.31. The maximum Gasteiger partial charge on any atom is 0.243 e. The molecule has 0 saturated carbocycles. The van der Waals surface area contributed by atoms with E-state index in [4.69, 9.17) is 5.11 Å². The first kappa shape index (κ1) is 13.3. The molecule has 1 fully saturated rings. The molecule has 0 atom stereocenters. The van der Waals surface area contributed by atoms with E-state index in [2.05, 4.69) is 0 Å². The van der Waals surface area contributed by atoms with Crippen LogP contribution >= 0.6 is 0 Å². The van der Waals surface area contributed by atoms with Gasteiger partial charge in [0.1, 0.15) is 5.75 Å². The molecule has 0 radical (unpaired) electrons. The Morgan fingerprint density at radius 2 is 1.56 bits per heavy atom. The molecule has 0 spiro atoms. The number of aromatic hydroxyl groups is 1. The molecular formula is C10H13NO5S2. The summed E-state index contributed by atoms with van der Waals surface area (Å²) in [4.78, 5) is 0.0552. The predicted octanol–water partition coefficient (Wildman–Crippen LogP) is -0.189. The maximum atomic E-state index is 12.2. The summed E-state index contributed by atoms with van der Waals surface area (Å²) in [6.07, 6.45) is 0. The zero-order valence-electron chi connectivity index (χ0n) is 9.48. The molecule has 1 N–H and O–H groups in total. The Morgan fingerprint density at radius 3 is 2.06 bits per heavy atom. The van der Waals surface area contributed by atoms with Gasteiger partial charge < -0.3 is 5.11 Å². The third-order valence-electron chi connectivity index (χ3n) is 2.78. The van der Waals surface area contributed by atoms with E-state index in [9.17, 15) is 16.8 Å². The highest BCUT2D eigenvalue weighted by Gasteiger charge is 2.30. The lowest BCUT2D eigenvalue weighted by Gasteiger charge is -2.25.